The Morgan fingerprint density at radius 2 is 2.03 bits per heavy atom. The van der Waals surface area contributed by atoms with Gasteiger partial charge in [-0.1, -0.05) is 6.07 Å². The maximum absolute atomic E-state index is 13.1. The molecule has 2 aliphatic heterocycles. The Kier molecular flexibility index (Phi) is 3.85. The van der Waals surface area contributed by atoms with Gasteiger partial charge in [0.05, 0.1) is 12.2 Å². The zero-order valence-corrected chi connectivity index (χ0v) is 16.2. The highest BCUT2D eigenvalue weighted by Crippen LogP contribution is 2.34. The summed E-state index contributed by atoms with van der Waals surface area (Å²) >= 11 is 1.31. The molecule has 10 heteroatoms. The van der Waals surface area contributed by atoms with Crippen molar-refractivity contribution in [1.82, 2.24) is 19.6 Å². The topological polar surface area (TPSA) is 102 Å². The summed E-state index contributed by atoms with van der Waals surface area (Å²) in [4.78, 5) is 43.7. The third-order valence-corrected chi connectivity index (χ3v) is 5.77. The molecule has 5 rings (SSSR count). The second-order valence-corrected chi connectivity index (χ2v) is 8.03. The summed E-state index contributed by atoms with van der Waals surface area (Å²) in [6.45, 7) is 1.79. The van der Waals surface area contributed by atoms with Crippen molar-refractivity contribution < 1.29 is 19.1 Å². The number of amides is 3. The van der Waals surface area contributed by atoms with E-state index in [1.165, 1.54) is 21.8 Å². The monoisotopic (exact) mass is 412 g/mol. The molecule has 0 unspecified atom stereocenters. The highest BCUT2D eigenvalue weighted by molar-refractivity contribution is 7.15. The fourth-order valence-electron chi connectivity index (χ4n) is 3.60. The minimum Gasteiger partial charge on any atom is -0.454 e. The van der Waals surface area contributed by atoms with Gasteiger partial charge in [-0.2, -0.15) is 0 Å². The summed E-state index contributed by atoms with van der Waals surface area (Å²) < 4.78 is 12.1. The molecule has 148 valence electrons. The van der Waals surface area contributed by atoms with Crippen molar-refractivity contribution in [3.05, 3.63) is 57.5 Å². The SMILES string of the molecule is C[C@]1(Cc2ccc3c(c2)OCO3)NC(=O)N(Cc2cc(=O)n3ccsc3n2)C1=O. The number of imide groups is 1. The van der Waals surface area contributed by atoms with Gasteiger partial charge in [-0.25, -0.2) is 9.78 Å². The third-order valence-electron chi connectivity index (χ3n) is 5.02. The lowest BCUT2D eigenvalue weighted by molar-refractivity contribution is -0.131. The molecule has 2 aromatic heterocycles. The molecular formula is C19H16N4O5S. The average Bonchev–Trinajstić information content (AvgIpc) is 3.37. The summed E-state index contributed by atoms with van der Waals surface area (Å²) in [5.74, 6) is 0.908. The van der Waals surface area contributed by atoms with Crippen LogP contribution in [0.5, 0.6) is 11.5 Å². The van der Waals surface area contributed by atoms with E-state index in [-0.39, 0.29) is 24.8 Å². The van der Waals surface area contributed by atoms with E-state index in [0.717, 1.165) is 10.5 Å². The molecule has 0 radical (unpaired) electrons. The van der Waals surface area contributed by atoms with Gasteiger partial charge >= 0.3 is 6.03 Å². The lowest BCUT2D eigenvalue weighted by atomic mass is 9.92. The quantitative estimate of drug-likeness (QED) is 0.652. The number of nitrogens with zero attached hydrogens (tertiary/aromatic N) is 3. The molecule has 1 fully saturated rings. The van der Waals surface area contributed by atoms with E-state index in [0.29, 0.717) is 28.6 Å². The Morgan fingerprint density at radius 1 is 1.21 bits per heavy atom. The molecule has 1 saturated heterocycles. The Bertz CT molecular complexity index is 1220. The first-order chi connectivity index (χ1) is 13.9. The average molecular weight is 412 g/mol. The number of thiazole rings is 1. The van der Waals surface area contributed by atoms with E-state index in [4.69, 9.17) is 9.47 Å². The maximum Gasteiger partial charge on any atom is 0.325 e. The number of aromatic nitrogens is 2. The van der Waals surface area contributed by atoms with Crippen molar-refractivity contribution in [2.24, 2.45) is 0 Å². The number of hydrogen-bond acceptors (Lipinski definition) is 7. The predicted octanol–water partition coefficient (Wildman–Crippen LogP) is 1.54. The van der Waals surface area contributed by atoms with Crippen molar-refractivity contribution in [2.75, 3.05) is 6.79 Å². The van der Waals surface area contributed by atoms with Crippen LogP contribution in [0.3, 0.4) is 0 Å². The lowest BCUT2D eigenvalue weighted by Gasteiger charge is -2.22. The molecule has 1 aromatic carbocycles. The first-order valence-electron chi connectivity index (χ1n) is 8.91. The van der Waals surface area contributed by atoms with Crippen LogP contribution in [0.1, 0.15) is 18.2 Å². The van der Waals surface area contributed by atoms with Gasteiger partial charge in [-0.05, 0) is 24.6 Å². The van der Waals surface area contributed by atoms with Crippen molar-refractivity contribution >= 4 is 28.2 Å². The molecule has 3 amide bonds. The molecule has 0 bridgehead atoms. The van der Waals surface area contributed by atoms with E-state index in [1.807, 2.05) is 12.1 Å². The van der Waals surface area contributed by atoms with Gasteiger partial charge in [0.1, 0.15) is 5.54 Å². The van der Waals surface area contributed by atoms with E-state index < -0.39 is 11.6 Å². The summed E-state index contributed by atoms with van der Waals surface area (Å²) in [5, 5.41) is 4.52. The zero-order valence-electron chi connectivity index (χ0n) is 15.4. The number of fused-ring (bicyclic) bond motifs is 2. The first-order valence-corrected chi connectivity index (χ1v) is 9.79. The first kappa shape index (κ1) is 17.7. The van der Waals surface area contributed by atoms with Crippen LogP contribution in [0, 0.1) is 0 Å². The Balaban J connectivity index is 1.39. The summed E-state index contributed by atoms with van der Waals surface area (Å²) in [6, 6.07) is 6.27. The number of carbonyl (C=O) groups is 2. The fourth-order valence-corrected chi connectivity index (χ4v) is 4.34. The number of nitrogens with one attached hydrogen (secondary N) is 1. The van der Waals surface area contributed by atoms with E-state index in [1.54, 1.807) is 24.6 Å². The molecule has 4 heterocycles. The van der Waals surface area contributed by atoms with Gasteiger partial charge in [0, 0.05) is 24.1 Å². The fraction of sp³-hybridized carbons (Fsp3) is 0.263. The summed E-state index contributed by atoms with van der Waals surface area (Å²) in [6.07, 6.45) is 1.93. The minimum atomic E-state index is -1.10. The second kappa shape index (κ2) is 6.31. The van der Waals surface area contributed by atoms with Crippen LogP contribution in [0.25, 0.3) is 4.96 Å². The van der Waals surface area contributed by atoms with Crippen molar-refractivity contribution in [3.63, 3.8) is 0 Å². The number of hydrogen-bond donors (Lipinski definition) is 1. The molecule has 29 heavy (non-hydrogen) atoms. The molecule has 0 saturated carbocycles. The van der Waals surface area contributed by atoms with Crippen molar-refractivity contribution in [2.45, 2.75) is 25.4 Å². The van der Waals surface area contributed by atoms with Crippen molar-refractivity contribution in [1.29, 1.82) is 0 Å². The highest BCUT2D eigenvalue weighted by atomic mass is 32.1. The summed E-state index contributed by atoms with van der Waals surface area (Å²) in [7, 11) is 0. The van der Waals surface area contributed by atoms with Crippen molar-refractivity contribution in [3.8, 4) is 11.5 Å². The summed E-state index contributed by atoms with van der Waals surface area (Å²) in [5.41, 5.74) is -0.148. The van der Waals surface area contributed by atoms with Crippen LogP contribution in [0.2, 0.25) is 0 Å². The Hall–Kier alpha value is -3.40. The molecule has 1 N–H and O–H groups in total. The Labute approximate surface area is 168 Å². The largest absolute Gasteiger partial charge is 0.454 e. The highest BCUT2D eigenvalue weighted by Gasteiger charge is 2.47. The smallest absolute Gasteiger partial charge is 0.325 e. The van der Waals surface area contributed by atoms with Crippen LogP contribution >= 0.6 is 11.3 Å². The normalized spacial score (nSPS) is 20.5. The van der Waals surface area contributed by atoms with Gasteiger partial charge in [0.15, 0.2) is 16.5 Å². The molecule has 2 aliphatic rings. The van der Waals surface area contributed by atoms with E-state index >= 15 is 0 Å². The van der Waals surface area contributed by atoms with Crippen LogP contribution in [-0.2, 0) is 17.8 Å². The number of urea groups is 1. The number of carbonyl (C=O) groups excluding carboxylic acids is 2. The molecule has 1 atom stereocenters. The molecule has 9 nitrogen and oxygen atoms in total. The molecule has 3 aromatic rings. The van der Waals surface area contributed by atoms with Gasteiger partial charge in [-0.3, -0.25) is 18.9 Å². The van der Waals surface area contributed by atoms with Gasteiger partial charge in [0.2, 0.25) is 6.79 Å². The van der Waals surface area contributed by atoms with Gasteiger partial charge in [0.25, 0.3) is 11.5 Å². The third kappa shape index (κ3) is 2.92. The van der Waals surface area contributed by atoms with Crippen LogP contribution in [0.4, 0.5) is 4.79 Å². The van der Waals surface area contributed by atoms with Gasteiger partial charge < -0.3 is 14.8 Å². The lowest BCUT2D eigenvalue weighted by Crippen LogP contribution is -2.45. The van der Waals surface area contributed by atoms with E-state index in [9.17, 15) is 14.4 Å². The van der Waals surface area contributed by atoms with Crippen LogP contribution in [-0.4, -0.2) is 38.6 Å². The van der Waals surface area contributed by atoms with Crippen LogP contribution < -0.4 is 20.3 Å². The van der Waals surface area contributed by atoms with Crippen LogP contribution in [0.15, 0.2) is 40.6 Å². The van der Waals surface area contributed by atoms with E-state index in [2.05, 4.69) is 10.3 Å². The maximum atomic E-state index is 13.1. The number of rotatable bonds is 4. The second-order valence-electron chi connectivity index (χ2n) is 7.16. The zero-order chi connectivity index (χ0) is 20.2. The minimum absolute atomic E-state index is 0.0644. The number of benzene rings is 1. The predicted molar refractivity (Wildman–Crippen MR) is 103 cm³/mol. The standard InChI is InChI=1S/C19H16N4O5S/c1-19(8-11-2-3-13-14(6-11)28-10-27-13)16(25)23(17(26)21-19)9-12-7-15(24)22-4-5-29-18(22)20-12/h2-7H,8-10H2,1H3,(H,21,26)/t19-/m1/s1. The van der Waals surface area contributed by atoms with Gasteiger partial charge in [-0.15, -0.1) is 11.3 Å². The molecule has 0 spiro atoms. The number of ether oxygens (including phenoxy) is 2. The molecular weight excluding hydrogens is 396 g/mol. The molecule has 0 aliphatic carbocycles. The Morgan fingerprint density at radius 3 is 2.90 bits per heavy atom.